The Kier molecular flexibility index (Phi) is 3.75. The number of rotatable bonds is 2. The van der Waals surface area contributed by atoms with Crippen LogP contribution >= 0.6 is 0 Å². The van der Waals surface area contributed by atoms with Crippen LogP contribution in [0.5, 0.6) is 0 Å². The number of carbonyl (C=O) groups excluding carboxylic acids is 2. The quantitative estimate of drug-likeness (QED) is 0.801. The van der Waals surface area contributed by atoms with Crippen molar-refractivity contribution in [1.82, 2.24) is 9.88 Å². The van der Waals surface area contributed by atoms with Crippen molar-refractivity contribution in [3.8, 4) is 0 Å². The molecule has 0 unspecified atom stereocenters. The van der Waals surface area contributed by atoms with Gasteiger partial charge in [-0.1, -0.05) is 0 Å². The second kappa shape index (κ2) is 5.29. The molecular weight excluding hydrogens is 228 g/mol. The summed E-state index contributed by atoms with van der Waals surface area (Å²) in [4.78, 5) is 29.3. The maximum atomic E-state index is 12.2. The number of carbonyl (C=O) groups is 2. The fourth-order valence-corrected chi connectivity index (χ4v) is 2.28. The fourth-order valence-electron chi connectivity index (χ4n) is 2.28. The first-order valence-electron chi connectivity index (χ1n) is 6.29. The van der Waals surface area contributed by atoms with E-state index in [1.807, 2.05) is 20.0 Å². The zero-order chi connectivity index (χ0) is 13.1. The van der Waals surface area contributed by atoms with Crippen LogP contribution in [0.25, 0.3) is 0 Å². The molecule has 1 saturated carbocycles. The molecule has 0 bridgehead atoms. The molecule has 0 saturated heterocycles. The van der Waals surface area contributed by atoms with E-state index in [1.165, 1.54) is 0 Å². The Morgan fingerprint density at radius 3 is 2.56 bits per heavy atom. The van der Waals surface area contributed by atoms with Crippen molar-refractivity contribution >= 4 is 11.7 Å². The van der Waals surface area contributed by atoms with Gasteiger partial charge >= 0.3 is 0 Å². The molecule has 1 aromatic rings. The fraction of sp³-hybridized carbons (Fsp3) is 0.500. The lowest BCUT2D eigenvalue weighted by Crippen LogP contribution is -2.39. The van der Waals surface area contributed by atoms with Crippen molar-refractivity contribution in [2.75, 3.05) is 7.05 Å². The molecule has 0 N–H and O–H groups in total. The summed E-state index contributed by atoms with van der Waals surface area (Å²) in [5.41, 5.74) is 1.51. The first kappa shape index (κ1) is 12.7. The van der Waals surface area contributed by atoms with E-state index in [0.717, 1.165) is 18.5 Å². The van der Waals surface area contributed by atoms with Gasteiger partial charge in [0, 0.05) is 37.8 Å². The van der Waals surface area contributed by atoms with Crippen LogP contribution in [0.2, 0.25) is 0 Å². The monoisotopic (exact) mass is 246 g/mol. The van der Waals surface area contributed by atoms with Crippen LogP contribution in [0.3, 0.4) is 0 Å². The third-order valence-corrected chi connectivity index (χ3v) is 3.54. The van der Waals surface area contributed by atoms with Gasteiger partial charge in [-0.3, -0.25) is 14.6 Å². The van der Waals surface area contributed by atoms with Crippen molar-refractivity contribution in [1.29, 1.82) is 0 Å². The summed E-state index contributed by atoms with van der Waals surface area (Å²) >= 11 is 0. The van der Waals surface area contributed by atoms with E-state index < -0.39 is 0 Å². The Bertz CT molecular complexity index is 443. The normalized spacial score (nSPS) is 16.7. The average molecular weight is 246 g/mol. The van der Waals surface area contributed by atoms with Crippen LogP contribution < -0.4 is 0 Å². The van der Waals surface area contributed by atoms with Crippen LogP contribution in [-0.4, -0.2) is 34.7 Å². The summed E-state index contributed by atoms with van der Waals surface area (Å²) in [7, 11) is 1.81. The predicted octanol–water partition coefficient (Wildman–Crippen LogP) is 1.97. The van der Waals surface area contributed by atoms with Gasteiger partial charge in [0.15, 0.2) is 0 Å². The Morgan fingerprint density at radius 2 is 2.00 bits per heavy atom. The minimum Gasteiger partial charge on any atom is -0.339 e. The Balaban J connectivity index is 2.04. The number of Topliss-reactive ketones (excluding diaryl/α,β-unsaturated/α-hetero) is 1. The number of ketones is 1. The molecular formula is C14H18N2O2. The van der Waals surface area contributed by atoms with Crippen molar-refractivity contribution in [2.45, 2.75) is 38.6 Å². The molecule has 1 fully saturated rings. The highest BCUT2D eigenvalue weighted by Crippen LogP contribution is 2.20. The van der Waals surface area contributed by atoms with E-state index in [-0.39, 0.29) is 11.9 Å². The van der Waals surface area contributed by atoms with Gasteiger partial charge in [-0.2, -0.15) is 0 Å². The molecule has 0 aromatic carbocycles. The van der Waals surface area contributed by atoms with E-state index in [0.29, 0.717) is 24.2 Å². The van der Waals surface area contributed by atoms with Crippen LogP contribution in [0.4, 0.5) is 0 Å². The van der Waals surface area contributed by atoms with Gasteiger partial charge in [0.05, 0.1) is 5.56 Å². The molecule has 18 heavy (non-hydrogen) atoms. The van der Waals surface area contributed by atoms with Crippen molar-refractivity contribution in [3.63, 3.8) is 0 Å². The molecule has 2 rings (SSSR count). The third-order valence-electron chi connectivity index (χ3n) is 3.54. The second-order valence-electron chi connectivity index (χ2n) is 4.87. The predicted molar refractivity (Wildman–Crippen MR) is 68.3 cm³/mol. The van der Waals surface area contributed by atoms with E-state index >= 15 is 0 Å². The number of hydrogen-bond acceptors (Lipinski definition) is 3. The van der Waals surface area contributed by atoms with Gasteiger partial charge in [0.25, 0.3) is 5.91 Å². The lowest BCUT2D eigenvalue weighted by atomic mass is 9.93. The standard InChI is InChI=1S/C14H18N2O2/c1-10-3-4-11(9-15-10)14(18)16(2)12-5-7-13(17)8-6-12/h3-4,9,12H,5-8H2,1-2H3. The highest BCUT2D eigenvalue weighted by atomic mass is 16.2. The van der Waals surface area contributed by atoms with E-state index in [4.69, 9.17) is 0 Å². The van der Waals surface area contributed by atoms with Crippen LogP contribution in [-0.2, 0) is 4.79 Å². The lowest BCUT2D eigenvalue weighted by Gasteiger charge is -2.30. The molecule has 0 aliphatic heterocycles. The van der Waals surface area contributed by atoms with Crippen LogP contribution in [0.1, 0.15) is 41.7 Å². The number of aryl methyl sites for hydroxylation is 1. The highest BCUT2D eigenvalue weighted by molar-refractivity contribution is 5.94. The van der Waals surface area contributed by atoms with Gasteiger partial charge in [0.1, 0.15) is 5.78 Å². The van der Waals surface area contributed by atoms with Crippen LogP contribution in [0, 0.1) is 6.92 Å². The summed E-state index contributed by atoms with van der Waals surface area (Å²) in [5, 5.41) is 0. The Hall–Kier alpha value is -1.71. The number of aromatic nitrogens is 1. The SMILES string of the molecule is Cc1ccc(C(=O)N(C)C2CCC(=O)CC2)cn1. The molecule has 0 spiro atoms. The molecule has 96 valence electrons. The van der Waals surface area contributed by atoms with Gasteiger partial charge in [-0.05, 0) is 31.9 Å². The summed E-state index contributed by atoms with van der Waals surface area (Å²) in [6, 6.07) is 3.82. The summed E-state index contributed by atoms with van der Waals surface area (Å²) < 4.78 is 0. The van der Waals surface area contributed by atoms with Crippen LogP contribution in [0.15, 0.2) is 18.3 Å². The first-order chi connectivity index (χ1) is 8.58. The molecule has 4 heteroatoms. The Morgan fingerprint density at radius 1 is 1.33 bits per heavy atom. The molecule has 1 heterocycles. The maximum Gasteiger partial charge on any atom is 0.255 e. The number of amides is 1. The minimum absolute atomic E-state index is 0.0122. The summed E-state index contributed by atoms with van der Waals surface area (Å²) in [6.07, 6.45) is 4.35. The number of pyridine rings is 1. The molecule has 1 aliphatic carbocycles. The molecule has 0 atom stereocenters. The van der Waals surface area contributed by atoms with E-state index in [1.54, 1.807) is 17.2 Å². The smallest absolute Gasteiger partial charge is 0.255 e. The van der Waals surface area contributed by atoms with Gasteiger partial charge in [-0.15, -0.1) is 0 Å². The first-order valence-corrected chi connectivity index (χ1v) is 6.29. The third kappa shape index (κ3) is 2.75. The average Bonchev–Trinajstić information content (AvgIpc) is 2.39. The highest BCUT2D eigenvalue weighted by Gasteiger charge is 2.25. The Labute approximate surface area is 107 Å². The summed E-state index contributed by atoms with van der Waals surface area (Å²) in [5.74, 6) is 0.297. The van der Waals surface area contributed by atoms with Crippen molar-refractivity contribution in [2.24, 2.45) is 0 Å². The molecule has 4 nitrogen and oxygen atoms in total. The zero-order valence-corrected chi connectivity index (χ0v) is 10.8. The lowest BCUT2D eigenvalue weighted by molar-refractivity contribution is -0.121. The molecule has 1 amide bonds. The van der Waals surface area contributed by atoms with Crippen molar-refractivity contribution < 1.29 is 9.59 Å². The molecule has 1 aliphatic rings. The van der Waals surface area contributed by atoms with Crippen molar-refractivity contribution in [3.05, 3.63) is 29.6 Å². The minimum atomic E-state index is -0.0122. The van der Waals surface area contributed by atoms with Gasteiger partial charge < -0.3 is 4.90 Å². The molecule has 0 radical (unpaired) electrons. The number of hydrogen-bond donors (Lipinski definition) is 0. The zero-order valence-electron chi connectivity index (χ0n) is 10.8. The second-order valence-corrected chi connectivity index (χ2v) is 4.87. The van der Waals surface area contributed by atoms with Gasteiger partial charge in [-0.25, -0.2) is 0 Å². The summed E-state index contributed by atoms with van der Waals surface area (Å²) in [6.45, 7) is 1.89. The maximum absolute atomic E-state index is 12.2. The van der Waals surface area contributed by atoms with Gasteiger partial charge in [0.2, 0.25) is 0 Å². The number of nitrogens with zero attached hydrogens (tertiary/aromatic N) is 2. The van der Waals surface area contributed by atoms with E-state index in [2.05, 4.69) is 4.98 Å². The largest absolute Gasteiger partial charge is 0.339 e. The van der Waals surface area contributed by atoms with E-state index in [9.17, 15) is 9.59 Å². The molecule has 1 aromatic heterocycles. The topological polar surface area (TPSA) is 50.3 Å².